The molecule has 162 valence electrons. The number of nitrogen functional groups attached to an aromatic ring is 1. The number of benzene rings is 2. The predicted molar refractivity (Wildman–Crippen MR) is 115 cm³/mol. The number of fused-ring (bicyclic) bond motifs is 1. The number of hydrogen-bond donors (Lipinski definition) is 4. The summed E-state index contributed by atoms with van der Waals surface area (Å²) in [5.74, 6) is -0.310. The molecule has 0 aliphatic heterocycles. The largest absolute Gasteiger partial charge is 0.504 e. The van der Waals surface area contributed by atoms with Crippen LogP contribution in [0.5, 0.6) is 23.1 Å². The molecule has 2 amide bonds. The van der Waals surface area contributed by atoms with Gasteiger partial charge in [0.05, 0.1) is 11.8 Å². The summed E-state index contributed by atoms with van der Waals surface area (Å²) in [6.07, 6.45) is 0.403. The molecule has 6 N–H and O–H groups in total. The minimum atomic E-state index is -1.16. The zero-order chi connectivity index (χ0) is 22.8. The number of carbonyl (C=O) groups is 2. The number of phenolic OH excluding ortho intramolecular Hbond substituents is 1. The van der Waals surface area contributed by atoms with Gasteiger partial charge in [-0.25, -0.2) is 14.3 Å². The second kappa shape index (κ2) is 8.14. The number of nitrogens with one attached hydrogen (secondary N) is 1. The van der Waals surface area contributed by atoms with Gasteiger partial charge in [-0.2, -0.15) is 0 Å². The van der Waals surface area contributed by atoms with Crippen LogP contribution in [0.3, 0.4) is 0 Å². The van der Waals surface area contributed by atoms with Gasteiger partial charge in [0, 0.05) is 17.8 Å². The lowest BCUT2D eigenvalue weighted by molar-refractivity contribution is 0.102. The fourth-order valence-corrected chi connectivity index (χ4v) is 2.96. The maximum Gasteiger partial charge on any atom is 0.410 e. The summed E-state index contributed by atoms with van der Waals surface area (Å²) in [5.41, 5.74) is 12.4. The molecule has 0 unspecified atom stereocenters. The molecule has 11 heteroatoms. The van der Waals surface area contributed by atoms with Crippen LogP contribution in [0.4, 0.5) is 16.3 Å². The second-order valence-electron chi connectivity index (χ2n) is 6.75. The number of phenols is 1. The van der Waals surface area contributed by atoms with Gasteiger partial charge in [-0.3, -0.25) is 4.79 Å². The summed E-state index contributed by atoms with van der Waals surface area (Å²) in [6, 6.07) is 12.5. The number of aryl methyl sites for hydroxylation is 1. The van der Waals surface area contributed by atoms with E-state index >= 15 is 0 Å². The molecule has 32 heavy (non-hydrogen) atoms. The van der Waals surface area contributed by atoms with Gasteiger partial charge in [0.1, 0.15) is 11.6 Å². The quantitative estimate of drug-likeness (QED) is 0.372. The van der Waals surface area contributed by atoms with Crippen molar-refractivity contribution in [3.05, 3.63) is 65.9 Å². The summed E-state index contributed by atoms with van der Waals surface area (Å²) in [6.45, 7) is 1.79. The van der Waals surface area contributed by atoms with Crippen molar-refractivity contribution in [1.29, 1.82) is 0 Å². The molecule has 2 aromatic carbocycles. The van der Waals surface area contributed by atoms with E-state index in [4.69, 9.17) is 20.9 Å². The highest BCUT2D eigenvalue weighted by molar-refractivity contribution is 6.07. The summed E-state index contributed by atoms with van der Waals surface area (Å²) in [7, 11) is 0. The number of para-hydroxylation sites is 1. The maximum atomic E-state index is 12.8. The normalized spacial score (nSPS) is 10.7. The molecule has 0 saturated heterocycles. The first-order chi connectivity index (χ1) is 15.3. The highest BCUT2D eigenvalue weighted by atomic mass is 16.6. The minimum Gasteiger partial charge on any atom is -0.504 e. The zero-order valence-corrected chi connectivity index (χ0v) is 16.8. The molecule has 4 aromatic rings. The van der Waals surface area contributed by atoms with Crippen molar-refractivity contribution in [2.75, 3.05) is 11.1 Å². The molecule has 0 aliphatic carbocycles. The predicted octanol–water partition coefficient (Wildman–Crippen LogP) is 2.83. The number of aromatic nitrogens is 3. The number of primary amides is 1. The number of hydrogen-bond acceptors (Lipinski definition) is 8. The lowest BCUT2D eigenvalue weighted by Gasteiger charge is -2.13. The van der Waals surface area contributed by atoms with Crippen LogP contribution in [0.15, 0.2) is 54.7 Å². The van der Waals surface area contributed by atoms with Gasteiger partial charge in [0.2, 0.25) is 5.88 Å². The number of amides is 2. The first kappa shape index (κ1) is 20.5. The fraction of sp³-hybridized carbons (Fsp3) is 0.0476. The van der Waals surface area contributed by atoms with Gasteiger partial charge >= 0.3 is 6.09 Å². The van der Waals surface area contributed by atoms with Crippen LogP contribution in [-0.4, -0.2) is 31.7 Å². The minimum absolute atomic E-state index is 0.0701. The topological polar surface area (TPSA) is 167 Å². The van der Waals surface area contributed by atoms with Crippen molar-refractivity contribution in [3.63, 3.8) is 0 Å². The SMILES string of the molecule is Cc1ccc(Oc2ccc3nc(N)cn3n2)cc1NC(=O)c1cccc(O)c1OC(N)=O. The summed E-state index contributed by atoms with van der Waals surface area (Å²) < 4.78 is 12.1. The van der Waals surface area contributed by atoms with E-state index in [2.05, 4.69) is 15.4 Å². The van der Waals surface area contributed by atoms with E-state index in [0.29, 0.717) is 28.8 Å². The molecule has 0 spiro atoms. The van der Waals surface area contributed by atoms with Gasteiger partial charge in [-0.1, -0.05) is 12.1 Å². The Morgan fingerprint density at radius 2 is 1.97 bits per heavy atom. The third-order valence-corrected chi connectivity index (χ3v) is 4.44. The number of carbonyl (C=O) groups excluding carboxylic acids is 2. The van der Waals surface area contributed by atoms with Gasteiger partial charge in [-0.05, 0) is 36.8 Å². The van der Waals surface area contributed by atoms with Crippen molar-refractivity contribution in [1.82, 2.24) is 14.6 Å². The Hall–Kier alpha value is -4.80. The maximum absolute atomic E-state index is 12.8. The van der Waals surface area contributed by atoms with E-state index in [1.54, 1.807) is 43.5 Å². The van der Waals surface area contributed by atoms with Crippen LogP contribution < -0.4 is 26.3 Å². The van der Waals surface area contributed by atoms with Crippen LogP contribution in [-0.2, 0) is 0 Å². The first-order valence-electron chi connectivity index (χ1n) is 9.31. The van der Waals surface area contributed by atoms with Gasteiger partial charge < -0.3 is 31.4 Å². The molecule has 11 nitrogen and oxygen atoms in total. The lowest BCUT2D eigenvalue weighted by atomic mass is 10.1. The molecular formula is C21H18N6O5. The van der Waals surface area contributed by atoms with E-state index in [0.717, 1.165) is 5.56 Å². The first-order valence-corrected chi connectivity index (χ1v) is 9.31. The molecule has 0 saturated carbocycles. The zero-order valence-electron chi connectivity index (χ0n) is 16.8. The number of rotatable bonds is 5. The number of nitrogens with zero attached hydrogens (tertiary/aromatic N) is 3. The molecule has 4 rings (SSSR count). The van der Waals surface area contributed by atoms with Crippen LogP contribution in [0.1, 0.15) is 15.9 Å². The summed E-state index contributed by atoms with van der Waals surface area (Å²) >= 11 is 0. The number of anilines is 2. The van der Waals surface area contributed by atoms with Gasteiger partial charge in [0.25, 0.3) is 5.91 Å². The van der Waals surface area contributed by atoms with Crippen LogP contribution >= 0.6 is 0 Å². The van der Waals surface area contributed by atoms with Gasteiger partial charge in [0.15, 0.2) is 17.1 Å². The van der Waals surface area contributed by atoms with Crippen LogP contribution in [0.25, 0.3) is 5.65 Å². The van der Waals surface area contributed by atoms with E-state index in [9.17, 15) is 14.7 Å². The van der Waals surface area contributed by atoms with E-state index in [1.165, 1.54) is 22.7 Å². The smallest absolute Gasteiger partial charge is 0.410 e. The van der Waals surface area contributed by atoms with Crippen molar-refractivity contribution in [2.45, 2.75) is 6.92 Å². The third kappa shape index (κ3) is 4.21. The molecule has 0 bridgehead atoms. The Labute approximate surface area is 181 Å². The van der Waals surface area contributed by atoms with E-state index in [-0.39, 0.29) is 11.3 Å². The number of ether oxygens (including phenoxy) is 2. The lowest BCUT2D eigenvalue weighted by Crippen LogP contribution is -2.20. The highest BCUT2D eigenvalue weighted by Gasteiger charge is 2.19. The Morgan fingerprint density at radius 1 is 1.16 bits per heavy atom. The van der Waals surface area contributed by atoms with Crippen molar-refractivity contribution < 1.29 is 24.2 Å². The molecule has 2 heterocycles. The molecule has 0 atom stereocenters. The van der Waals surface area contributed by atoms with E-state index in [1.807, 2.05) is 0 Å². The van der Waals surface area contributed by atoms with Crippen molar-refractivity contribution >= 4 is 29.2 Å². The molecule has 0 fully saturated rings. The van der Waals surface area contributed by atoms with Crippen LogP contribution in [0, 0.1) is 6.92 Å². The molecule has 2 aromatic heterocycles. The number of imidazole rings is 1. The Balaban J connectivity index is 1.58. The Morgan fingerprint density at radius 3 is 2.75 bits per heavy atom. The number of aromatic hydroxyl groups is 1. The molecular weight excluding hydrogens is 416 g/mol. The Bertz CT molecular complexity index is 1350. The fourth-order valence-electron chi connectivity index (χ4n) is 2.96. The molecule has 0 aliphatic rings. The molecule has 0 radical (unpaired) electrons. The van der Waals surface area contributed by atoms with Crippen molar-refractivity contribution in [3.8, 4) is 23.1 Å². The summed E-state index contributed by atoms with van der Waals surface area (Å²) in [4.78, 5) is 28.0. The average molecular weight is 434 g/mol. The summed E-state index contributed by atoms with van der Waals surface area (Å²) in [5, 5.41) is 16.9. The highest BCUT2D eigenvalue weighted by Crippen LogP contribution is 2.32. The van der Waals surface area contributed by atoms with Crippen molar-refractivity contribution in [2.24, 2.45) is 5.73 Å². The second-order valence-corrected chi connectivity index (χ2v) is 6.75. The average Bonchev–Trinajstić information content (AvgIpc) is 3.11. The van der Waals surface area contributed by atoms with E-state index < -0.39 is 17.7 Å². The van der Waals surface area contributed by atoms with Gasteiger partial charge in [-0.15, -0.1) is 5.10 Å². The third-order valence-electron chi connectivity index (χ3n) is 4.44. The monoisotopic (exact) mass is 434 g/mol. The standard InChI is InChI=1S/C21H18N6O5/c1-11-5-6-12(31-18-8-7-17-25-16(22)10-27(17)26-18)9-14(11)24-20(29)13-3-2-4-15(28)19(13)32-21(23)30/h2-10,28H,22H2,1H3,(H2,23,30)(H,24,29). The number of nitrogens with two attached hydrogens (primary N) is 2. The van der Waals surface area contributed by atoms with Crippen LogP contribution in [0.2, 0.25) is 0 Å². The Kier molecular flexibility index (Phi) is 5.21.